The first-order chi connectivity index (χ1) is 13.6. The van der Waals surface area contributed by atoms with E-state index >= 15 is 0 Å². The second kappa shape index (κ2) is 7.56. The Morgan fingerprint density at radius 1 is 1.00 bits per heavy atom. The van der Waals surface area contributed by atoms with E-state index in [9.17, 15) is 9.18 Å². The van der Waals surface area contributed by atoms with Gasteiger partial charge in [-0.1, -0.05) is 24.3 Å². The lowest BCUT2D eigenvalue weighted by Crippen LogP contribution is -1.98. The minimum absolute atomic E-state index is 0.160. The first-order valence-electron chi connectivity index (χ1n) is 8.72. The summed E-state index contributed by atoms with van der Waals surface area (Å²) in [5, 5.41) is 0. The van der Waals surface area contributed by atoms with E-state index in [0.29, 0.717) is 29.2 Å². The van der Waals surface area contributed by atoms with Gasteiger partial charge in [-0.2, -0.15) is 0 Å². The Balaban J connectivity index is 1.48. The van der Waals surface area contributed by atoms with Crippen LogP contribution >= 0.6 is 0 Å². The Morgan fingerprint density at radius 2 is 1.79 bits per heavy atom. The molecule has 0 atom stereocenters. The monoisotopic (exact) mass is 376 g/mol. The molecule has 0 radical (unpaired) electrons. The molecule has 0 amide bonds. The number of rotatable bonds is 5. The molecule has 3 aromatic rings. The maximum Gasteiger partial charge on any atom is 0.231 e. The summed E-state index contributed by atoms with van der Waals surface area (Å²) in [6.45, 7) is 0.378. The van der Waals surface area contributed by atoms with Gasteiger partial charge in [-0.25, -0.2) is 4.39 Å². The van der Waals surface area contributed by atoms with Crippen LogP contribution in [0.1, 0.15) is 21.5 Å². The molecule has 0 N–H and O–H groups in total. The van der Waals surface area contributed by atoms with Gasteiger partial charge in [0.1, 0.15) is 29.7 Å². The number of benzene rings is 3. The molecule has 0 saturated carbocycles. The van der Waals surface area contributed by atoms with Gasteiger partial charge in [0.2, 0.25) is 5.78 Å². The Bertz CT molecular complexity index is 1050. The number of allylic oxidation sites excluding steroid dienone is 1. The van der Waals surface area contributed by atoms with E-state index in [-0.39, 0.29) is 17.4 Å². The van der Waals surface area contributed by atoms with Crippen molar-refractivity contribution in [2.24, 2.45) is 0 Å². The third kappa shape index (κ3) is 3.74. The predicted octanol–water partition coefficient (Wildman–Crippen LogP) is 5.03. The summed E-state index contributed by atoms with van der Waals surface area (Å²) in [4.78, 5) is 12.5. The smallest absolute Gasteiger partial charge is 0.231 e. The van der Waals surface area contributed by atoms with Gasteiger partial charge in [0.15, 0.2) is 5.76 Å². The number of Topliss-reactive ketones (excluding diaryl/α,β-unsaturated/α-hetero) is 1. The summed E-state index contributed by atoms with van der Waals surface area (Å²) >= 11 is 0. The molecular formula is C23H17FO4. The van der Waals surface area contributed by atoms with Crippen molar-refractivity contribution >= 4 is 11.9 Å². The largest absolute Gasteiger partial charge is 0.497 e. The zero-order valence-electron chi connectivity index (χ0n) is 15.1. The highest BCUT2D eigenvalue weighted by Crippen LogP contribution is 2.35. The van der Waals surface area contributed by atoms with E-state index in [0.717, 1.165) is 11.3 Å². The summed E-state index contributed by atoms with van der Waals surface area (Å²) in [6.07, 6.45) is 1.53. The van der Waals surface area contributed by atoms with Gasteiger partial charge in [0.25, 0.3) is 0 Å². The maximum absolute atomic E-state index is 13.3. The van der Waals surface area contributed by atoms with Crippen LogP contribution in [-0.4, -0.2) is 12.9 Å². The molecule has 0 unspecified atom stereocenters. The van der Waals surface area contributed by atoms with Gasteiger partial charge in [-0.3, -0.25) is 4.79 Å². The summed E-state index contributed by atoms with van der Waals surface area (Å²) in [5.41, 5.74) is 2.01. The van der Waals surface area contributed by atoms with Crippen LogP contribution in [0.25, 0.3) is 6.08 Å². The number of carbonyl (C=O) groups excluding carboxylic acids is 1. The third-order valence-electron chi connectivity index (χ3n) is 4.35. The van der Waals surface area contributed by atoms with Gasteiger partial charge < -0.3 is 14.2 Å². The number of halogens is 1. The van der Waals surface area contributed by atoms with E-state index in [1.54, 1.807) is 37.4 Å². The number of hydrogen-bond donors (Lipinski definition) is 0. The molecular weight excluding hydrogens is 359 g/mol. The maximum atomic E-state index is 13.3. The second-order valence-electron chi connectivity index (χ2n) is 6.29. The van der Waals surface area contributed by atoms with Crippen molar-refractivity contribution in [3.8, 4) is 17.2 Å². The normalized spacial score (nSPS) is 13.9. The van der Waals surface area contributed by atoms with E-state index in [4.69, 9.17) is 14.2 Å². The van der Waals surface area contributed by atoms with Crippen LogP contribution in [0.15, 0.2) is 72.5 Å². The van der Waals surface area contributed by atoms with Crippen LogP contribution in [0.4, 0.5) is 4.39 Å². The SMILES string of the molecule is COc1ccc(COc2ccc3c(c2)OC(=Cc2cccc(F)c2)C3=O)cc1. The fourth-order valence-electron chi connectivity index (χ4n) is 2.89. The molecule has 0 aliphatic carbocycles. The highest BCUT2D eigenvalue weighted by Gasteiger charge is 2.27. The van der Waals surface area contributed by atoms with Gasteiger partial charge in [-0.05, 0) is 53.6 Å². The van der Waals surface area contributed by atoms with E-state index in [1.807, 2.05) is 24.3 Å². The van der Waals surface area contributed by atoms with Crippen molar-refractivity contribution < 1.29 is 23.4 Å². The number of fused-ring (bicyclic) bond motifs is 1. The molecule has 1 aliphatic rings. The summed E-state index contributed by atoms with van der Waals surface area (Å²) in [7, 11) is 1.62. The Kier molecular flexibility index (Phi) is 4.81. The number of ketones is 1. The predicted molar refractivity (Wildman–Crippen MR) is 103 cm³/mol. The molecule has 4 rings (SSSR count). The van der Waals surface area contributed by atoms with Gasteiger partial charge in [-0.15, -0.1) is 0 Å². The third-order valence-corrected chi connectivity index (χ3v) is 4.35. The quantitative estimate of drug-likeness (QED) is 0.586. The topological polar surface area (TPSA) is 44.8 Å². The number of carbonyl (C=O) groups is 1. The minimum Gasteiger partial charge on any atom is -0.497 e. The fraction of sp³-hybridized carbons (Fsp3) is 0.0870. The molecule has 0 saturated heterocycles. The van der Waals surface area contributed by atoms with Crippen LogP contribution in [-0.2, 0) is 6.61 Å². The molecule has 3 aromatic carbocycles. The van der Waals surface area contributed by atoms with E-state index < -0.39 is 0 Å². The van der Waals surface area contributed by atoms with Crippen LogP contribution in [0.5, 0.6) is 17.2 Å². The first kappa shape index (κ1) is 17.8. The van der Waals surface area contributed by atoms with Crippen molar-refractivity contribution in [1.29, 1.82) is 0 Å². The number of ether oxygens (including phenoxy) is 3. The molecule has 0 fully saturated rings. The number of methoxy groups -OCH3 is 1. The van der Waals surface area contributed by atoms with Gasteiger partial charge in [0, 0.05) is 6.07 Å². The lowest BCUT2D eigenvalue weighted by molar-refractivity contribution is 0.101. The zero-order chi connectivity index (χ0) is 19.5. The van der Waals surface area contributed by atoms with Gasteiger partial charge in [0.05, 0.1) is 12.7 Å². The standard InChI is InChI=1S/C23H17FO4/c1-26-18-7-5-15(6-8-18)14-27-19-9-10-20-21(13-19)28-22(23(20)25)12-16-3-2-4-17(24)11-16/h2-13H,14H2,1H3. The molecule has 4 nitrogen and oxygen atoms in total. The summed E-state index contributed by atoms with van der Waals surface area (Å²) < 4.78 is 30.0. The van der Waals surface area contributed by atoms with Crippen molar-refractivity contribution in [3.63, 3.8) is 0 Å². The zero-order valence-corrected chi connectivity index (χ0v) is 15.1. The van der Waals surface area contributed by atoms with Gasteiger partial charge >= 0.3 is 0 Å². The first-order valence-corrected chi connectivity index (χ1v) is 8.72. The molecule has 0 spiro atoms. The lowest BCUT2D eigenvalue weighted by atomic mass is 10.1. The Labute approximate surface area is 161 Å². The molecule has 0 aromatic heterocycles. The molecule has 1 heterocycles. The molecule has 1 aliphatic heterocycles. The second-order valence-corrected chi connectivity index (χ2v) is 6.29. The highest BCUT2D eigenvalue weighted by atomic mass is 19.1. The summed E-state index contributed by atoms with van der Waals surface area (Å²) in [6, 6.07) is 18.7. The molecule has 0 bridgehead atoms. The van der Waals surface area contributed by atoms with Crippen LogP contribution in [0.2, 0.25) is 0 Å². The van der Waals surface area contributed by atoms with Crippen molar-refractivity contribution in [3.05, 3.63) is 95.0 Å². The van der Waals surface area contributed by atoms with Crippen LogP contribution in [0.3, 0.4) is 0 Å². The fourth-order valence-corrected chi connectivity index (χ4v) is 2.89. The van der Waals surface area contributed by atoms with Crippen LogP contribution < -0.4 is 14.2 Å². The Hall–Kier alpha value is -3.60. The van der Waals surface area contributed by atoms with Crippen molar-refractivity contribution in [2.75, 3.05) is 7.11 Å². The average molecular weight is 376 g/mol. The average Bonchev–Trinajstić information content (AvgIpc) is 3.01. The minimum atomic E-state index is -0.369. The van der Waals surface area contributed by atoms with Crippen molar-refractivity contribution in [1.82, 2.24) is 0 Å². The molecule has 140 valence electrons. The molecule has 28 heavy (non-hydrogen) atoms. The van der Waals surface area contributed by atoms with Crippen molar-refractivity contribution in [2.45, 2.75) is 6.61 Å². The van der Waals surface area contributed by atoms with E-state index in [1.165, 1.54) is 18.2 Å². The lowest BCUT2D eigenvalue weighted by Gasteiger charge is -2.08. The number of hydrogen-bond acceptors (Lipinski definition) is 4. The highest BCUT2D eigenvalue weighted by molar-refractivity contribution is 6.14. The van der Waals surface area contributed by atoms with E-state index in [2.05, 4.69) is 0 Å². The Morgan fingerprint density at radius 3 is 2.54 bits per heavy atom. The van der Waals surface area contributed by atoms with Crippen LogP contribution in [0, 0.1) is 5.82 Å². The summed E-state index contributed by atoms with van der Waals surface area (Å²) in [5.74, 6) is 1.36. The molecule has 5 heteroatoms.